The predicted molar refractivity (Wildman–Crippen MR) is 81.3 cm³/mol. The minimum atomic E-state index is -0.917. The lowest BCUT2D eigenvalue weighted by atomic mass is 10.0. The van der Waals surface area contributed by atoms with E-state index in [4.69, 9.17) is 0 Å². The number of fused-ring (bicyclic) bond motifs is 1. The van der Waals surface area contributed by atoms with Crippen molar-refractivity contribution in [2.24, 2.45) is 0 Å². The van der Waals surface area contributed by atoms with Crippen molar-refractivity contribution in [2.45, 2.75) is 12.8 Å². The van der Waals surface area contributed by atoms with E-state index < -0.39 is 5.92 Å². The number of hydrogen-bond donors (Lipinski definition) is 0. The highest BCUT2D eigenvalue weighted by Crippen LogP contribution is 2.24. The Morgan fingerprint density at radius 1 is 1.33 bits per heavy atom. The quantitative estimate of drug-likeness (QED) is 0.693. The van der Waals surface area contributed by atoms with E-state index in [-0.39, 0.29) is 5.78 Å². The number of Topliss-reactive ketones (excluding diaryl/α,β-unsaturated/α-hetero) is 1. The molecule has 1 aromatic carbocycles. The summed E-state index contributed by atoms with van der Waals surface area (Å²) in [5, 5.41) is 11.3. The molecule has 0 N–H and O–H groups in total. The molecule has 0 aliphatic rings. The van der Waals surface area contributed by atoms with Gasteiger partial charge in [0.15, 0.2) is 11.7 Å². The Labute approximate surface area is 125 Å². The highest BCUT2D eigenvalue weighted by Gasteiger charge is 2.24. The van der Waals surface area contributed by atoms with Crippen LogP contribution in [0, 0.1) is 18.3 Å². The molecule has 0 saturated heterocycles. The molecule has 3 aromatic rings. The zero-order valence-corrected chi connectivity index (χ0v) is 12.1. The summed E-state index contributed by atoms with van der Waals surface area (Å²) in [6.07, 6.45) is 1.51. The van der Waals surface area contributed by atoms with Crippen molar-refractivity contribution in [1.29, 1.82) is 5.26 Å². The standard InChI is InChI=1S/C16H11N3OS/c1-10-6-15(21-9-10)16(20)11(7-17)14-8-18-12-4-2-3-5-13(12)19-14/h2-6,8-9,11H,1H3. The fraction of sp³-hybridized carbons (Fsp3) is 0.125. The lowest BCUT2D eigenvalue weighted by molar-refractivity contribution is 0.0981. The van der Waals surface area contributed by atoms with Crippen molar-refractivity contribution < 1.29 is 4.79 Å². The molecule has 0 aliphatic carbocycles. The van der Waals surface area contributed by atoms with Gasteiger partial charge in [-0.05, 0) is 36.1 Å². The molecule has 0 amide bonds. The van der Waals surface area contributed by atoms with Crippen molar-refractivity contribution in [3.63, 3.8) is 0 Å². The Bertz CT molecular complexity index is 863. The Morgan fingerprint density at radius 3 is 2.76 bits per heavy atom. The van der Waals surface area contributed by atoms with E-state index in [2.05, 4.69) is 9.97 Å². The number of ketones is 1. The molecule has 4 nitrogen and oxygen atoms in total. The summed E-state index contributed by atoms with van der Waals surface area (Å²) >= 11 is 1.35. The minimum absolute atomic E-state index is 0.222. The van der Waals surface area contributed by atoms with Gasteiger partial charge in [0.1, 0.15) is 0 Å². The number of aromatic nitrogens is 2. The monoisotopic (exact) mass is 293 g/mol. The molecule has 3 rings (SSSR count). The summed E-state index contributed by atoms with van der Waals surface area (Å²) in [6.45, 7) is 1.92. The van der Waals surface area contributed by atoms with Crippen LogP contribution in [0.5, 0.6) is 0 Å². The average molecular weight is 293 g/mol. The summed E-state index contributed by atoms with van der Waals surface area (Å²) in [5.41, 5.74) is 2.85. The molecular weight excluding hydrogens is 282 g/mol. The van der Waals surface area contributed by atoms with Crippen molar-refractivity contribution >= 4 is 28.2 Å². The maximum absolute atomic E-state index is 12.4. The third kappa shape index (κ3) is 2.54. The first-order valence-corrected chi connectivity index (χ1v) is 7.27. The van der Waals surface area contributed by atoms with Crippen LogP contribution in [0.3, 0.4) is 0 Å². The van der Waals surface area contributed by atoms with Crippen LogP contribution in [0.4, 0.5) is 0 Å². The Balaban J connectivity index is 2.02. The van der Waals surface area contributed by atoms with E-state index in [1.807, 2.05) is 42.6 Å². The maximum atomic E-state index is 12.4. The first-order chi connectivity index (χ1) is 10.2. The molecule has 0 radical (unpaired) electrons. The highest BCUT2D eigenvalue weighted by atomic mass is 32.1. The fourth-order valence-corrected chi connectivity index (χ4v) is 2.94. The van der Waals surface area contributed by atoms with Gasteiger partial charge in [-0.15, -0.1) is 11.3 Å². The van der Waals surface area contributed by atoms with Gasteiger partial charge < -0.3 is 0 Å². The molecular formula is C16H11N3OS. The van der Waals surface area contributed by atoms with E-state index in [9.17, 15) is 10.1 Å². The third-order valence-electron chi connectivity index (χ3n) is 3.13. The lowest BCUT2D eigenvalue weighted by Gasteiger charge is -2.07. The number of hydrogen-bond acceptors (Lipinski definition) is 5. The molecule has 2 aromatic heterocycles. The molecule has 1 atom stereocenters. The smallest absolute Gasteiger partial charge is 0.196 e. The van der Waals surface area contributed by atoms with Crippen molar-refractivity contribution in [1.82, 2.24) is 9.97 Å². The van der Waals surface area contributed by atoms with Crippen LogP contribution in [0.2, 0.25) is 0 Å². The van der Waals surface area contributed by atoms with Gasteiger partial charge >= 0.3 is 0 Å². The number of aryl methyl sites for hydroxylation is 1. The number of benzene rings is 1. The van der Waals surface area contributed by atoms with Crippen molar-refractivity contribution in [3.05, 3.63) is 58.0 Å². The summed E-state index contributed by atoms with van der Waals surface area (Å²) in [6, 6.07) is 11.2. The number of thiophene rings is 1. The van der Waals surface area contributed by atoms with Gasteiger partial charge in [-0.2, -0.15) is 5.26 Å². The predicted octanol–water partition coefficient (Wildman–Crippen LogP) is 3.49. The van der Waals surface area contributed by atoms with Crippen LogP contribution in [-0.4, -0.2) is 15.8 Å². The molecule has 0 spiro atoms. The van der Waals surface area contributed by atoms with Gasteiger partial charge in [0, 0.05) is 0 Å². The van der Waals surface area contributed by atoms with Gasteiger partial charge in [0.05, 0.1) is 33.9 Å². The first kappa shape index (κ1) is 13.4. The van der Waals surface area contributed by atoms with E-state index >= 15 is 0 Å². The Kier molecular flexibility index (Phi) is 3.46. The molecule has 102 valence electrons. The van der Waals surface area contributed by atoms with Crippen LogP contribution in [-0.2, 0) is 0 Å². The van der Waals surface area contributed by atoms with Crippen LogP contribution in [0.1, 0.15) is 26.8 Å². The van der Waals surface area contributed by atoms with Gasteiger partial charge in [-0.1, -0.05) is 12.1 Å². The van der Waals surface area contributed by atoms with Gasteiger partial charge in [-0.25, -0.2) is 4.98 Å². The van der Waals surface area contributed by atoms with E-state index in [1.165, 1.54) is 17.5 Å². The van der Waals surface area contributed by atoms with Crippen molar-refractivity contribution in [2.75, 3.05) is 0 Å². The fourth-order valence-electron chi connectivity index (χ4n) is 2.07. The number of nitriles is 1. The highest BCUT2D eigenvalue weighted by molar-refractivity contribution is 7.12. The van der Waals surface area contributed by atoms with Gasteiger partial charge in [0.2, 0.25) is 0 Å². The maximum Gasteiger partial charge on any atom is 0.196 e. The normalized spacial score (nSPS) is 12.0. The summed E-state index contributed by atoms with van der Waals surface area (Å²) in [7, 11) is 0. The first-order valence-electron chi connectivity index (χ1n) is 6.39. The van der Waals surface area contributed by atoms with Crippen LogP contribution in [0.25, 0.3) is 11.0 Å². The number of carbonyl (C=O) groups is 1. The van der Waals surface area contributed by atoms with Crippen LogP contribution in [0.15, 0.2) is 41.9 Å². The van der Waals surface area contributed by atoms with E-state index in [0.717, 1.165) is 11.1 Å². The Hall–Kier alpha value is -2.58. The molecule has 1 unspecified atom stereocenters. The Morgan fingerprint density at radius 2 is 2.10 bits per heavy atom. The molecule has 0 fully saturated rings. The van der Waals surface area contributed by atoms with Crippen molar-refractivity contribution in [3.8, 4) is 6.07 Å². The number of rotatable bonds is 3. The average Bonchev–Trinajstić information content (AvgIpc) is 2.94. The second-order valence-electron chi connectivity index (χ2n) is 4.70. The molecule has 0 bridgehead atoms. The summed E-state index contributed by atoms with van der Waals surface area (Å²) in [5.74, 6) is -1.14. The van der Waals surface area contributed by atoms with E-state index in [0.29, 0.717) is 16.1 Å². The van der Waals surface area contributed by atoms with Crippen LogP contribution < -0.4 is 0 Å². The second-order valence-corrected chi connectivity index (χ2v) is 5.61. The van der Waals surface area contributed by atoms with Crippen LogP contribution >= 0.6 is 11.3 Å². The van der Waals surface area contributed by atoms with E-state index in [1.54, 1.807) is 6.07 Å². The SMILES string of the molecule is Cc1csc(C(=O)C(C#N)c2cnc3ccccc3n2)c1. The topological polar surface area (TPSA) is 66.6 Å². The number of para-hydroxylation sites is 2. The number of nitrogens with zero attached hydrogens (tertiary/aromatic N) is 3. The zero-order chi connectivity index (χ0) is 14.8. The molecule has 21 heavy (non-hydrogen) atoms. The molecule has 0 aliphatic heterocycles. The summed E-state index contributed by atoms with van der Waals surface area (Å²) in [4.78, 5) is 21.7. The third-order valence-corrected chi connectivity index (χ3v) is 4.19. The lowest BCUT2D eigenvalue weighted by Crippen LogP contribution is -2.12. The minimum Gasteiger partial charge on any atom is -0.291 e. The molecule has 0 saturated carbocycles. The second kappa shape index (κ2) is 5.43. The zero-order valence-electron chi connectivity index (χ0n) is 11.3. The largest absolute Gasteiger partial charge is 0.291 e. The van der Waals surface area contributed by atoms with Gasteiger partial charge in [0.25, 0.3) is 0 Å². The molecule has 2 heterocycles. The summed E-state index contributed by atoms with van der Waals surface area (Å²) < 4.78 is 0. The number of carbonyl (C=O) groups excluding carboxylic acids is 1. The van der Waals surface area contributed by atoms with Gasteiger partial charge in [-0.3, -0.25) is 9.78 Å². The molecule has 5 heteroatoms.